The molecule has 1 aromatic heterocycles. The molecule has 0 aliphatic carbocycles. The highest BCUT2D eigenvalue weighted by Crippen LogP contribution is 2.18. The average molecular weight is 369 g/mol. The molecule has 140 valence electrons. The van der Waals surface area contributed by atoms with Crippen molar-refractivity contribution in [3.05, 3.63) is 30.1 Å². The molecular formula is C16H27N5O3S. The molecule has 0 aromatic carbocycles. The first-order valence-corrected chi connectivity index (χ1v) is 9.83. The van der Waals surface area contributed by atoms with Crippen molar-refractivity contribution in [2.75, 3.05) is 27.2 Å². The van der Waals surface area contributed by atoms with E-state index in [0.29, 0.717) is 13.0 Å². The average Bonchev–Trinajstić information content (AvgIpc) is 2.92. The number of amides is 1. The zero-order valence-corrected chi connectivity index (χ0v) is 16.0. The van der Waals surface area contributed by atoms with Gasteiger partial charge in [0.15, 0.2) is 0 Å². The molecule has 2 atom stereocenters. The van der Waals surface area contributed by atoms with Crippen LogP contribution < -0.4 is 10.9 Å². The van der Waals surface area contributed by atoms with E-state index in [1.165, 1.54) is 7.05 Å². The lowest BCUT2D eigenvalue weighted by atomic mass is 10.2. The lowest BCUT2D eigenvalue weighted by molar-refractivity contribution is -0.129. The van der Waals surface area contributed by atoms with Gasteiger partial charge in [-0.2, -0.15) is 4.31 Å². The summed E-state index contributed by atoms with van der Waals surface area (Å²) in [5, 5.41) is -0.604. The van der Waals surface area contributed by atoms with Gasteiger partial charge in [-0.25, -0.2) is 8.42 Å². The molecular weight excluding hydrogens is 342 g/mol. The molecule has 2 rings (SSSR count). The van der Waals surface area contributed by atoms with Crippen molar-refractivity contribution in [1.82, 2.24) is 25.0 Å². The lowest BCUT2D eigenvalue weighted by Gasteiger charge is -2.26. The summed E-state index contributed by atoms with van der Waals surface area (Å²) in [6.45, 7) is 3.99. The van der Waals surface area contributed by atoms with Crippen molar-refractivity contribution in [3.8, 4) is 0 Å². The number of hydrogen-bond donors (Lipinski definition) is 2. The van der Waals surface area contributed by atoms with Gasteiger partial charge in [-0.15, -0.1) is 0 Å². The summed E-state index contributed by atoms with van der Waals surface area (Å²) in [6, 6.07) is 3.36. The summed E-state index contributed by atoms with van der Waals surface area (Å²) in [4.78, 5) is 17.9. The van der Waals surface area contributed by atoms with Gasteiger partial charge in [0.2, 0.25) is 15.9 Å². The largest absolute Gasteiger partial charge is 0.344 e. The Hall–Kier alpha value is -1.55. The second-order valence-corrected chi connectivity index (χ2v) is 8.75. The van der Waals surface area contributed by atoms with E-state index in [0.717, 1.165) is 9.87 Å². The summed E-state index contributed by atoms with van der Waals surface area (Å²) in [6.07, 6.45) is 4.12. The number of hydrogen-bond acceptors (Lipinski definition) is 6. The van der Waals surface area contributed by atoms with Gasteiger partial charge in [0.1, 0.15) is 5.25 Å². The first kappa shape index (κ1) is 19.8. The Labute approximate surface area is 149 Å². The van der Waals surface area contributed by atoms with Crippen LogP contribution in [0.3, 0.4) is 0 Å². The van der Waals surface area contributed by atoms with Crippen molar-refractivity contribution in [1.29, 1.82) is 0 Å². The fourth-order valence-corrected chi connectivity index (χ4v) is 4.83. The van der Waals surface area contributed by atoms with E-state index in [-0.39, 0.29) is 24.5 Å². The number of pyridine rings is 1. The van der Waals surface area contributed by atoms with Crippen molar-refractivity contribution in [3.63, 3.8) is 0 Å². The molecule has 0 radical (unpaired) electrons. The zero-order chi connectivity index (χ0) is 18.6. The molecule has 2 N–H and O–H groups in total. The van der Waals surface area contributed by atoms with Gasteiger partial charge in [-0.1, -0.05) is 0 Å². The van der Waals surface area contributed by atoms with Gasteiger partial charge in [-0.3, -0.25) is 20.6 Å². The highest BCUT2D eigenvalue weighted by atomic mass is 32.2. The maximum Gasteiger partial charge on any atom is 0.237 e. The fraction of sp³-hybridized carbons (Fsp3) is 0.625. The van der Waals surface area contributed by atoms with Gasteiger partial charge in [-0.05, 0) is 38.0 Å². The number of likely N-dealkylation sites (N-methyl/N-ethyl adjacent to an activating group) is 2. The molecule has 1 fully saturated rings. The molecule has 0 spiro atoms. The third kappa shape index (κ3) is 4.75. The molecule has 25 heavy (non-hydrogen) atoms. The van der Waals surface area contributed by atoms with E-state index in [4.69, 9.17) is 0 Å². The van der Waals surface area contributed by atoms with E-state index in [1.54, 1.807) is 24.3 Å². The van der Waals surface area contributed by atoms with Gasteiger partial charge < -0.3 is 4.90 Å². The van der Waals surface area contributed by atoms with Crippen LogP contribution in [0.25, 0.3) is 0 Å². The number of sulfonamides is 1. The maximum atomic E-state index is 12.8. The molecule has 2 heterocycles. The number of nitrogens with zero attached hydrogens (tertiary/aromatic N) is 3. The number of carbonyl (C=O) groups excluding carboxylic acids is 1. The minimum atomic E-state index is -3.58. The van der Waals surface area contributed by atoms with Crippen molar-refractivity contribution >= 4 is 15.9 Å². The SMILES string of the molecule is CC1NNC(C)C1S(=O)(=O)N(C)CC(=O)N(C)CCc1ccncc1. The van der Waals surface area contributed by atoms with E-state index in [9.17, 15) is 13.2 Å². The summed E-state index contributed by atoms with van der Waals surface area (Å²) in [7, 11) is -0.432. The number of nitrogens with one attached hydrogen (secondary N) is 2. The Balaban J connectivity index is 1.92. The molecule has 1 amide bonds. The Bertz CT molecular complexity index is 672. The summed E-state index contributed by atoms with van der Waals surface area (Å²) in [5.74, 6) is -0.223. The highest BCUT2D eigenvalue weighted by molar-refractivity contribution is 7.89. The Morgan fingerprint density at radius 1 is 1.16 bits per heavy atom. The molecule has 8 nitrogen and oxygen atoms in total. The zero-order valence-electron chi connectivity index (χ0n) is 15.1. The van der Waals surface area contributed by atoms with E-state index < -0.39 is 15.3 Å². The molecule has 1 aromatic rings. The van der Waals surface area contributed by atoms with Gasteiger partial charge >= 0.3 is 0 Å². The van der Waals surface area contributed by atoms with E-state index in [1.807, 2.05) is 26.0 Å². The maximum absolute atomic E-state index is 12.8. The smallest absolute Gasteiger partial charge is 0.237 e. The van der Waals surface area contributed by atoms with Crippen LogP contribution in [0.1, 0.15) is 19.4 Å². The van der Waals surface area contributed by atoms with Gasteiger partial charge in [0.25, 0.3) is 0 Å². The first-order chi connectivity index (χ1) is 11.7. The Kier molecular flexibility index (Phi) is 6.50. The van der Waals surface area contributed by atoms with E-state index >= 15 is 0 Å². The normalized spacial score (nSPS) is 23.8. The second kappa shape index (κ2) is 8.22. The van der Waals surface area contributed by atoms with Crippen molar-refractivity contribution < 1.29 is 13.2 Å². The first-order valence-electron chi connectivity index (χ1n) is 8.32. The standard InChI is InChI=1S/C16H27N5O3S/c1-12-16(13(2)19-18-12)25(23,24)21(4)11-15(22)20(3)10-7-14-5-8-17-9-6-14/h5-6,8-9,12-13,16,18-19H,7,10-11H2,1-4H3. The molecule has 1 aliphatic heterocycles. The fourth-order valence-electron chi connectivity index (χ4n) is 2.96. The topological polar surface area (TPSA) is 94.6 Å². The van der Waals surface area contributed by atoms with Crippen molar-refractivity contribution in [2.24, 2.45) is 0 Å². The lowest BCUT2D eigenvalue weighted by Crippen LogP contribution is -2.48. The van der Waals surface area contributed by atoms with Crippen LogP contribution in [0, 0.1) is 0 Å². The quantitative estimate of drug-likeness (QED) is 0.679. The van der Waals surface area contributed by atoms with Crippen molar-refractivity contribution in [2.45, 2.75) is 37.6 Å². The van der Waals surface area contributed by atoms with Crippen LogP contribution in [-0.4, -0.2) is 73.0 Å². The van der Waals surface area contributed by atoms with Crippen LogP contribution in [0.15, 0.2) is 24.5 Å². The summed E-state index contributed by atoms with van der Waals surface area (Å²) in [5.41, 5.74) is 6.96. The predicted octanol–water partition coefficient (Wildman–Crippen LogP) is -0.402. The highest BCUT2D eigenvalue weighted by Gasteiger charge is 2.42. The Morgan fingerprint density at radius 3 is 2.28 bits per heavy atom. The second-order valence-electron chi connectivity index (χ2n) is 6.55. The number of aromatic nitrogens is 1. The van der Waals surface area contributed by atoms with Crippen LogP contribution in [0.2, 0.25) is 0 Å². The monoisotopic (exact) mass is 369 g/mol. The van der Waals surface area contributed by atoms with Crippen LogP contribution in [-0.2, 0) is 21.2 Å². The third-order valence-corrected chi connectivity index (χ3v) is 7.07. The van der Waals surface area contributed by atoms with Crippen LogP contribution >= 0.6 is 0 Å². The number of carbonyl (C=O) groups is 1. The van der Waals surface area contributed by atoms with Crippen LogP contribution in [0.5, 0.6) is 0 Å². The molecule has 1 saturated heterocycles. The minimum absolute atomic E-state index is 0.162. The third-order valence-electron chi connectivity index (χ3n) is 4.57. The summed E-state index contributed by atoms with van der Waals surface area (Å²) < 4.78 is 26.7. The predicted molar refractivity (Wildman–Crippen MR) is 96.1 cm³/mol. The minimum Gasteiger partial charge on any atom is -0.344 e. The van der Waals surface area contributed by atoms with Gasteiger partial charge in [0, 0.05) is 45.1 Å². The Morgan fingerprint density at radius 2 is 1.72 bits per heavy atom. The molecule has 1 aliphatic rings. The van der Waals surface area contributed by atoms with E-state index in [2.05, 4.69) is 15.8 Å². The van der Waals surface area contributed by atoms with Gasteiger partial charge in [0.05, 0.1) is 6.54 Å². The number of rotatable bonds is 7. The molecule has 0 bridgehead atoms. The number of hydrazine groups is 1. The van der Waals surface area contributed by atoms with Crippen LogP contribution in [0.4, 0.5) is 0 Å². The molecule has 9 heteroatoms. The molecule has 0 saturated carbocycles. The molecule has 2 unspecified atom stereocenters. The summed E-state index contributed by atoms with van der Waals surface area (Å²) >= 11 is 0.